The maximum absolute atomic E-state index is 6.49. The molecule has 0 bridgehead atoms. The Bertz CT molecular complexity index is 564. The molecule has 102 valence electrons. The van der Waals surface area contributed by atoms with E-state index in [9.17, 15) is 0 Å². The number of imidazole rings is 1. The summed E-state index contributed by atoms with van der Waals surface area (Å²) in [6, 6.07) is 8.54. The SMILES string of the molecule is Cn1c(NC2CCCCCC2Cl)nc2ccccc21. The van der Waals surface area contributed by atoms with E-state index in [1.165, 1.54) is 19.3 Å². The molecular weight excluding hydrogens is 258 g/mol. The van der Waals surface area contributed by atoms with Crippen LogP contribution < -0.4 is 5.32 Å². The molecule has 0 amide bonds. The van der Waals surface area contributed by atoms with E-state index < -0.39 is 0 Å². The molecule has 3 rings (SSSR count). The van der Waals surface area contributed by atoms with Gasteiger partial charge in [-0.15, -0.1) is 11.6 Å². The predicted octanol–water partition coefficient (Wildman–Crippen LogP) is 3.93. The van der Waals surface area contributed by atoms with Gasteiger partial charge in [-0.05, 0) is 25.0 Å². The topological polar surface area (TPSA) is 29.9 Å². The van der Waals surface area contributed by atoms with Crippen molar-refractivity contribution in [3.63, 3.8) is 0 Å². The van der Waals surface area contributed by atoms with Gasteiger partial charge in [-0.1, -0.05) is 31.4 Å². The minimum Gasteiger partial charge on any atom is -0.351 e. The molecule has 2 aromatic rings. The Hall–Kier alpha value is -1.22. The Balaban J connectivity index is 1.86. The highest BCUT2D eigenvalue weighted by Crippen LogP contribution is 2.26. The molecule has 3 nitrogen and oxygen atoms in total. The van der Waals surface area contributed by atoms with Gasteiger partial charge in [0.25, 0.3) is 0 Å². The summed E-state index contributed by atoms with van der Waals surface area (Å²) in [4.78, 5) is 4.66. The lowest BCUT2D eigenvalue weighted by Gasteiger charge is -2.21. The van der Waals surface area contributed by atoms with Crippen molar-refractivity contribution >= 4 is 28.6 Å². The zero-order valence-electron chi connectivity index (χ0n) is 11.3. The zero-order chi connectivity index (χ0) is 13.2. The molecule has 0 spiro atoms. The van der Waals surface area contributed by atoms with Crippen LogP contribution in [0.4, 0.5) is 5.95 Å². The largest absolute Gasteiger partial charge is 0.351 e. The summed E-state index contributed by atoms with van der Waals surface area (Å²) in [7, 11) is 2.05. The second-order valence-electron chi connectivity index (χ2n) is 5.39. The van der Waals surface area contributed by atoms with E-state index in [-0.39, 0.29) is 5.38 Å². The van der Waals surface area contributed by atoms with Crippen LogP contribution in [0.25, 0.3) is 11.0 Å². The van der Waals surface area contributed by atoms with Crippen molar-refractivity contribution in [1.29, 1.82) is 0 Å². The number of aryl methyl sites for hydroxylation is 1. The van der Waals surface area contributed by atoms with Crippen molar-refractivity contribution in [2.75, 3.05) is 5.32 Å². The predicted molar refractivity (Wildman–Crippen MR) is 80.9 cm³/mol. The number of nitrogens with zero attached hydrogens (tertiary/aromatic N) is 2. The zero-order valence-corrected chi connectivity index (χ0v) is 12.0. The Kier molecular flexibility index (Phi) is 3.65. The molecule has 1 fully saturated rings. The molecule has 1 saturated carbocycles. The van der Waals surface area contributed by atoms with Gasteiger partial charge in [0.15, 0.2) is 0 Å². The number of fused-ring (bicyclic) bond motifs is 1. The van der Waals surface area contributed by atoms with E-state index in [1.807, 2.05) is 18.2 Å². The molecule has 2 atom stereocenters. The fourth-order valence-corrected chi connectivity index (χ4v) is 3.21. The molecule has 0 saturated heterocycles. The van der Waals surface area contributed by atoms with E-state index in [1.54, 1.807) is 0 Å². The van der Waals surface area contributed by atoms with E-state index in [4.69, 9.17) is 11.6 Å². The Morgan fingerprint density at radius 2 is 2.00 bits per heavy atom. The summed E-state index contributed by atoms with van der Waals surface area (Å²) in [6.45, 7) is 0. The molecule has 0 aliphatic heterocycles. The summed E-state index contributed by atoms with van der Waals surface area (Å²) < 4.78 is 2.11. The summed E-state index contributed by atoms with van der Waals surface area (Å²) in [5, 5.41) is 3.76. The molecule has 19 heavy (non-hydrogen) atoms. The average Bonchev–Trinajstić information content (AvgIpc) is 2.59. The number of hydrogen-bond acceptors (Lipinski definition) is 2. The lowest BCUT2D eigenvalue weighted by molar-refractivity contribution is 0.619. The first kappa shape index (κ1) is 12.8. The lowest BCUT2D eigenvalue weighted by atomic mass is 10.1. The number of para-hydroxylation sites is 2. The molecule has 1 aliphatic rings. The van der Waals surface area contributed by atoms with Crippen molar-refractivity contribution in [2.24, 2.45) is 7.05 Å². The Morgan fingerprint density at radius 3 is 2.84 bits per heavy atom. The number of anilines is 1. The molecule has 1 aromatic heterocycles. The molecule has 4 heteroatoms. The van der Waals surface area contributed by atoms with Crippen LogP contribution in [0.5, 0.6) is 0 Å². The number of benzene rings is 1. The maximum Gasteiger partial charge on any atom is 0.203 e. The minimum atomic E-state index is 0.210. The summed E-state index contributed by atoms with van der Waals surface area (Å²) in [5.74, 6) is 0.929. The van der Waals surface area contributed by atoms with Gasteiger partial charge < -0.3 is 9.88 Å². The molecule has 1 aliphatic carbocycles. The highest BCUT2D eigenvalue weighted by atomic mass is 35.5. The minimum absolute atomic E-state index is 0.210. The van der Waals surface area contributed by atoms with E-state index >= 15 is 0 Å². The van der Waals surface area contributed by atoms with Crippen molar-refractivity contribution < 1.29 is 0 Å². The number of halogens is 1. The van der Waals surface area contributed by atoms with E-state index in [0.29, 0.717) is 6.04 Å². The van der Waals surface area contributed by atoms with Crippen LogP contribution in [0.1, 0.15) is 32.1 Å². The second-order valence-corrected chi connectivity index (χ2v) is 5.95. The fourth-order valence-electron chi connectivity index (χ4n) is 2.87. The van der Waals surface area contributed by atoms with Gasteiger partial charge in [0.05, 0.1) is 16.4 Å². The number of rotatable bonds is 2. The van der Waals surface area contributed by atoms with Gasteiger partial charge in [-0.3, -0.25) is 0 Å². The number of alkyl halides is 1. The molecule has 1 aromatic carbocycles. The Labute approximate surface area is 119 Å². The van der Waals surface area contributed by atoms with Gasteiger partial charge in [0.2, 0.25) is 5.95 Å². The highest BCUT2D eigenvalue weighted by Gasteiger charge is 2.23. The van der Waals surface area contributed by atoms with Gasteiger partial charge in [-0.25, -0.2) is 4.98 Å². The molecule has 0 radical (unpaired) electrons. The van der Waals surface area contributed by atoms with Crippen LogP contribution in [0.2, 0.25) is 0 Å². The lowest BCUT2D eigenvalue weighted by Crippen LogP contribution is -2.30. The van der Waals surface area contributed by atoms with Gasteiger partial charge in [0, 0.05) is 13.1 Å². The summed E-state index contributed by atoms with van der Waals surface area (Å²) in [6.07, 6.45) is 6.03. The summed E-state index contributed by atoms with van der Waals surface area (Å²) >= 11 is 6.49. The van der Waals surface area contributed by atoms with Crippen LogP contribution in [0.3, 0.4) is 0 Å². The normalized spacial score (nSPS) is 24.3. The van der Waals surface area contributed by atoms with Gasteiger partial charge >= 0.3 is 0 Å². The first-order valence-electron chi connectivity index (χ1n) is 7.08. The highest BCUT2D eigenvalue weighted by molar-refractivity contribution is 6.21. The first-order valence-corrected chi connectivity index (χ1v) is 7.51. The third-order valence-corrected chi connectivity index (χ3v) is 4.56. The van der Waals surface area contributed by atoms with Gasteiger partial charge in [0.1, 0.15) is 0 Å². The third-order valence-electron chi connectivity index (χ3n) is 4.03. The Morgan fingerprint density at radius 1 is 1.21 bits per heavy atom. The van der Waals surface area contributed by atoms with E-state index in [2.05, 4.69) is 28.0 Å². The number of nitrogens with one attached hydrogen (secondary N) is 1. The first-order chi connectivity index (χ1) is 9.25. The number of hydrogen-bond donors (Lipinski definition) is 1. The van der Waals surface area contributed by atoms with Crippen molar-refractivity contribution in [2.45, 2.75) is 43.5 Å². The average molecular weight is 278 g/mol. The van der Waals surface area contributed by atoms with Crippen LogP contribution in [0.15, 0.2) is 24.3 Å². The fraction of sp³-hybridized carbons (Fsp3) is 0.533. The van der Waals surface area contributed by atoms with Crippen molar-refractivity contribution in [3.8, 4) is 0 Å². The molecule has 1 N–H and O–H groups in total. The van der Waals surface area contributed by atoms with Crippen LogP contribution >= 0.6 is 11.6 Å². The smallest absolute Gasteiger partial charge is 0.203 e. The van der Waals surface area contributed by atoms with Crippen molar-refractivity contribution in [1.82, 2.24) is 9.55 Å². The number of aromatic nitrogens is 2. The van der Waals surface area contributed by atoms with Crippen LogP contribution in [-0.2, 0) is 7.05 Å². The molecule has 2 unspecified atom stereocenters. The maximum atomic E-state index is 6.49. The van der Waals surface area contributed by atoms with Crippen LogP contribution in [-0.4, -0.2) is 21.0 Å². The monoisotopic (exact) mass is 277 g/mol. The molecule has 1 heterocycles. The van der Waals surface area contributed by atoms with E-state index in [0.717, 1.165) is 29.8 Å². The van der Waals surface area contributed by atoms with Crippen LogP contribution in [0, 0.1) is 0 Å². The third kappa shape index (κ3) is 2.57. The van der Waals surface area contributed by atoms with Crippen molar-refractivity contribution in [3.05, 3.63) is 24.3 Å². The second kappa shape index (κ2) is 5.41. The molecular formula is C15H20ClN3. The van der Waals surface area contributed by atoms with Gasteiger partial charge in [-0.2, -0.15) is 0 Å². The standard InChI is InChI=1S/C15H20ClN3/c1-19-14-10-6-5-9-13(14)18-15(19)17-12-8-4-2-3-7-11(12)16/h5-6,9-12H,2-4,7-8H2,1H3,(H,17,18). The quantitative estimate of drug-likeness (QED) is 0.666. The summed E-state index contributed by atoms with van der Waals surface area (Å²) in [5.41, 5.74) is 2.19.